The Bertz CT molecular complexity index is 259. The second-order valence-electron chi connectivity index (χ2n) is 6.96. The van der Waals surface area contributed by atoms with Crippen LogP contribution in [0.4, 0.5) is 0 Å². The van der Waals surface area contributed by atoms with Crippen molar-refractivity contribution in [2.75, 3.05) is 39.3 Å². The van der Waals surface area contributed by atoms with E-state index in [1.807, 2.05) is 0 Å². The van der Waals surface area contributed by atoms with Crippen molar-refractivity contribution >= 4 is 0 Å². The summed E-state index contributed by atoms with van der Waals surface area (Å²) in [5, 5.41) is 0. The Morgan fingerprint density at radius 3 is 2.32 bits per heavy atom. The Hall–Kier alpha value is -0.120. The molecule has 0 amide bonds. The van der Waals surface area contributed by atoms with Crippen molar-refractivity contribution in [1.82, 2.24) is 9.80 Å². The monoisotopic (exact) mass is 268 g/mol. The van der Waals surface area contributed by atoms with E-state index in [4.69, 9.17) is 4.74 Å². The predicted molar refractivity (Wildman–Crippen MR) is 80.5 cm³/mol. The second kappa shape index (κ2) is 7.05. The smallest absolute Gasteiger partial charge is 0.0829 e. The molecule has 2 fully saturated rings. The molecule has 2 aliphatic rings. The van der Waals surface area contributed by atoms with Crippen molar-refractivity contribution in [2.24, 2.45) is 11.8 Å². The van der Waals surface area contributed by atoms with Crippen LogP contribution in [0.15, 0.2) is 0 Å². The zero-order valence-corrected chi connectivity index (χ0v) is 13.3. The first-order valence-corrected chi connectivity index (χ1v) is 8.14. The van der Waals surface area contributed by atoms with Gasteiger partial charge in [0.2, 0.25) is 0 Å². The molecule has 112 valence electrons. The summed E-state index contributed by atoms with van der Waals surface area (Å²) in [6, 6.07) is 0.651. The van der Waals surface area contributed by atoms with Gasteiger partial charge in [0.15, 0.2) is 0 Å². The molecule has 0 N–H and O–H groups in total. The molecule has 0 aromatic heterocycles. The molecule has 2 heterocycles. The van der Waals surface area contributed by atoms with E-state index in [0.29, 0.717) is 12.1 Å². The normalized spacial score (nSPS) is 28.4. The molecular weight excluding hydrogens is 236 g/mol. The molecule has 1 atom stereocenters. The van der Waals surface area contributed by atoms with Crippen LogP contribution in [0.1, 0.15) is 40.5 Å². The molecule has 2 aliphatic heterocycles. The Balaban J connectivity index is 1.73. The van der Waals surface area contributed by atoms with Crippen LogP contribution in [-0.2, 0) is 4.74 Å². The van der Waals surface area contributed by atoms with E-state index in [0.717, 1.165) is 38.1 Å². The number of hydrogen-bond acceptors (Lipinski definition) is 3. The number of likely N-dealkylation sites (tertiary alicyclic amines) is 1. The highest BCUT2D eigenvalue weighted by Gasteiger charge is 2.27. The van der Waals surface area contributed by atoms with Gasteiger partial charge in [0, 0.05) is 25.7 Å². The van der Waals surface area contributed by atoms with Gasteiger partial charge in [-0.3, -0.25) is 4.90 Å². The van der Waals surface area contributed by atoms with Crippen molar-refractivity contribution in [2.45, 2.75) is 52.7 Å². The summed E-state index contributed by atoms with van der Waals surface area (Å²) in [6.07, 6.45) is 3.17. The fourth-order valence-corrected chi connectivity index (χ4v) is 3.41. The molecule has 0 aromatic carbocycles. The van der Waals surface area contributed by atoms with Crippen LogP contribution >= 0.6 is 0 Å². The van der Waals surface area contributed by atoms with Gasteiger partial charge < -0.3 is 9.64 Å². The van der Waals surface area contributed by atoms with Gasteiger partial charge in [-0.15, -0.1) is 0 Å². The van der Waals surface area contributed by atoms with E-state index in [9.17, 15) is 0 Å². The fourth-order valence-electron chi connectivity index (χ4n) is 3.41. The third-order valence-corrected chi connectivity index (χ3v) is 4.94. The van der Waals surface area contributed by atoms with E-state index in [1.54, 1.807) is 0 Å². The molecule has 3 heteroatoms. The average Bonchev–Trinajstić information content (AvgIpc) is 2.39. The molecule has 0 spiro atoms. The summed E-state index contributed by atoms with van der Waals surface area (Å²) in [4.78, 5) is 5.17. The van der Waals surface area contributed by atoms with Gasteiger partial charge in [0.05, 0.1) is 12.7 Å². The van der Waals surface area contributed by atoms with E-state index in [2.05, 4.69) is 37.5 Å². The van der Waals surface area contributed by atoms with Crippen LogP contribution < -0.4 is 0 Å². The maximum Gasteiger partial charge on any atom is 0.0829 e. The lowest BCUT2D eigenvalue weighted by Gasteiger charge is -2.40. The molecule has 3 nitrogen and oxygen atoms in total. The van der Waals surface area contributed by atoms with E-state index < -0.39 is 0 Å². The highest BCUT2D eigenvalue weighted by atomic mass is 16.5. The lowest BCUT2D eigenvalue weighted by Crippen LogP contribution is -2.50. The second-order valence-corrected chi connectivity index (χ2v) is 6.96. The van der Waals surface area contributed by atoms with Gasteiger partial charge >= 0.3 is 0 Å². The maximum atomic E-state index is 5.95. The molecule has 0 bridgehead atoms. The van der Waals surface area contributed by atoms with Crippen LogP contribution in [0.3, 0.4) is 0 Å². The van der Waals surface area contributed by atoms with Gasteiger partial charge in [0.1, 0.15) is 0 Å². The summed E-state index contributed by atoms with van der Waals surface area (Å²) < 4.78 is 5.95. The van der Waals surface area contributed by atoms with Crippen LogP contribution in [-0.4, -0.2) is 61.3 Å². The van der Waals surface area contributed by atoms with Gasteiger partial charge in [-0.05, 0) is 51.6 Å². The first-order valence-electron chi connectivity index (χ1n) is 8.14. The minimum Gasteiger partial charge on any atom is -0.374 e. The number of morpholine rings is 1. The summed E-state index contributed by atoms with van der Waals surface area (Å²) in [7, 11) is 0. The average molecular weight is 268 g/mol. The summed E-state index contributed by atoms with van der Waals surface area (Å²) in [6.45, 7) is 16.1. The summed E-state index contributed by atoms with van der Waals surface area (Å²) in [5.74, 6) is 1.79. The van der Waals surface area contributed by atoms with Crippen LogP contribution in [0, 0.1) is 11.8 Å². The standard InChI is InChI=1S/C16H32N2O/c1-13(2)15-5-7-17(8-6-15)11-16-12-18(14(3)4)9-10-19-16/h13-16H,5-12H2,1-4H3. The maximum absolute atomic E-state index is 5.95. The van der Waals surface area contributed by atoms with Gasteiger partial charge in [-0.1, -0.05) is 13.8 Å². The van der Waals surface area contributed by atoms with E-state index in [-0.39, 0.29) is 0 Å². The van der Waals surface area contributed by atoms with Crippen LogP contribution in [0.2, 0.25) is 0 Å². The van der Waals surface area contributed by atoms with Gasteiger partial charge in [-0.2, -0.15) is 0 Å². The summed E-state index contributed by atoms with van der Waals surface area (Å²) in [5.41, 5.74) is 0. The molecule has 2 rings (SSSR count). The lowest BCUT2D eigenvalue weighted by atomic mass is 9.86. The number of rotatable bonds is 4. The minimum absolute atomic E-state index is 0.423. The lowest BCUT2D eigenvalue weighted by molar-refractivity contribution is -0.0557. The molecule has 2 saturated heterocycles. The number of piperidine rings is 1. The molecule has 0 aliphatic carbocycles. The first-order chi connectivity index (χ1) is 9.06. The van der Waals surface area contributed by atoms with Crippen LogP contribution in [0.25, 0.3) is 0 Å². The Labute approximate surface area is 119 Å². The molecule has 0 radical (unpaired) electrons. The third-order valence-electron chi connectivity index (χ3n) is 4.94. The van der Waals surface area contributed by atoms with Crippen molar-refractivity contribution in [3.63, 3.8) is 0 Å². The van der Waals surface area contributed by atoms with Gasteiger partial charge in [-0.25, -0.2) is 0 Å². The zero-order valence-electron chi connectivity index (χ0n) is 13.3. The molecule has 0 aromatic rings. The third kappa shape index (κ3) is 4.44. The van der Waals surface area contributed by atoms with Crippen LogP contribution in [0.5, 0.6) is 0 Å². The first kappa shape index (κ1) is 15.3. The van der Waals surface area contributed by atoms with Crippen molar-refractivity contribution in [1.29, 1.82) is 0 Å². The number of nitrogens with zero attached hydrogens (tertiary/aromatic N) is 2. The zero-order chi connectivity index (χ0) is 13.8. The summed E-state index contributed by atoms with van der Waals surface area (Å²) >= 11 is 0. The topological polar surface area (TPSA) is 15.7 Å². The highest BCUT2D eigenvalue weighted by molar-refractivity contribution is 4.80. The fraction of sp³-hybridized carbons (Fsp3) is 1.00. The van der Waals surface area contributed by atoms with Gasteiger partial charge in [0.25, 0.3) is 0 Å². The van der Waals surface area contributed by atoms with Crippen molar-refractivity contribution in [3.05, 3.63) is 0 Å². The van der Waals surface area contributed by atoms with E-state index >= 15 is 0 Å². The minimum atomic E-state index is 0.423. The molecule has 1 unspecified atom stereocenters. The number of hydrogen-bond donors (Lipinski definition) is 0. The van der Waals surface area contributed by atoms with Crippen molar-refractivity contribution in [3.8, 4) is 0 Å². The molecule has 0 saturated carbocycles. The highest BCUT2D eigenvalue weighted by Crippen LogP contribution is 2.24. The molecular formula is C16H32N2O. The SMILES string of the molecule is CC(C)C1CCN(CC2CN(C(C)C)CCO2)CC1. The quantitative estimate of drug-likeness (QED) is 0.779. The Morgan fingerprint density at radius 1 is 1.05 bits per heavy atom. The van der Waals surface area contributed by atoms with E-state index in [1.165, 1.54) is 25.9 Å². The predicted octanol–water partition coefficient (Wildman–Crippen LogP) is 2.46. The Morgan fingerprint density at radius 2 is 1.74 bits per heavy atom. The van der Waals surface area contributed by atoms with Crippen molar-refractivity contribution < 1.29 is 4.74 Å². The number of ether oxygens (including phenoxy) is 1. The molecule has 19 heavy (non-hydrogen) atoms. The Kier molecular flexibility index (Phi) is 5.67. The largest absolute Gasteiger partial charge is 0.374 e.